The SMILES string of the molecule is CCNC(=NCc1ccn(C)c1)NCc1cc(N(C)C)nc2ccccc12. The van der Waals surface area contributed by atoms with E-state index in [-0.39, 0.29) is 0 Å². The molecule has 0 amide bonds. The van der Waals surface area contributed by atoms with Gasteiger partial charge < -0.3 is 20.1 Å². The van der Waals surface area contributed by atoms with Crippen LogP contribution in [0.25, 0.3) is 10.9 Å². The molecule has 0 saturated heterocycles. The molecule has 0 bridgehead atoms. The molecule has 27 heavy (non-hydrogen) atoms. The van der Waals surface area contributed by atoms with Gasteiger partial charge in [0, 0.05) is 52.0 Å². The second-order valence-corrected chi connectivity index (χ2v) is 6.79. The third-order valence-electron chi connectivity index (χ3n) is 4.35. The van der Waals surface area contributed by atoms with Crippen LogP contribution in [0.1, 0.15) is 18.1 Å². The summed E-state index contributed by atoms with van der Waals surface area (Å²) >= 11 is 0. The van der Waals surface area contributed by atoms with Gasteiger partial charge in [0.15, 0.2) is 5.96 Å². The summed E-state index contributed by atoms with van der Waals surface area (Å²) in [6.45, 7) is 4.23. The van der Waals surface area contributed by atoms with Crippen molar-refractivity contribution in [1.29, 1.82) is 0 Å². The second-order valence-electron chi connectivity index (χ2n) is 6.79. The number of hydrogen-bond donors (Lipinski definition) is 2. The van der Waals surface area contributed by atoms with Crippen molar-refractivity contribution in [3.63, 3.8) is 0 Å². The molecule has 0 aliphatic rings. The normalized spacial score (nSPS) is 11.6. The number of para-hydroxylation sites is 1. The molecule has 3 aromatic rings. The number of aromatic nitrogens is 2. The van der Waals surface area contributed by atoms with E-state index < -0.39 is 0 Å². The molecule has 0 spiro atoms. The van der Waals surface area contributed by atoms with Crippen molar-refractivity contribution in [2.24, 2.45) is 12.0 Å². The van der Waals surface area contributed by atoms with Gasteiger partial charge in [0.1, 0.15) is 5.82 Å². The molecule has 0 radical (unpaired) electrons. The highest BCUT2D eigenvalue weighted by Gasteiger charge is 2.08. The van der Waals surface area contributed by atoms with E-state index in [1.54, 1.807) is 0 Å². The maximum Gasteiger partial charge on any atom is 0.191 e. The fraction of sp³-hybridized carbons (Fsp3) is 0.333. The molecule has 0 fully saturated rings. The predicted octanol–water partition coefficient (Wildman–Crippen LogP) is 2.89. The van der Waals surface area contributed by atoms with E-state index in [2.05, 4.69) is 54.1 Å². The summed E-state index contributed by atoms with van der Waals surface area (Å²) in [6, 6.07) is 12.5. The average Bonchev–Trinajstić information content (AvgIpc) is 3.08. The van der Waals surface area contributed by atoms with Crippen molar-refractivity contribution >= 4 is 22.7 Å². The van der Waals surface area contributed by atoms with E-state index in [1.807, 2.05) is 42.9 Å². The van der Waals surface area contributed by atoms with Crippen LogP contribution in [0.3, 0.4) is 0 Å². The lowest BCUT2D eigenvalue weighted by Crippen LogP contribution is -2.36. The molecule has 0 unspecified atom stereocenters. The van der Waals surface area contributed by atoms with Gasteiger partial charge in [0.25, 0.3) is 0 Å². The first-order chi connectivity index (χ1) is 13.1. The number of nitrogens with one attached hydrogen (secondary N) is 2. The lowest BCUT2D eigenvalue weighted by atomic mass is 10.1. The Balaban J connectivity index is 1.80. The van der Waals surface area contributed by atoms with Crippen LogP contribution in [-0.2, 0) is 20.1 Å². The van der Waals surface area contributed by atoms with Crippen LogP contribution in [0.2, 0.25) is 0 Å². The van der Waals surface area contributed by atoms with E-state index in [4.69, 9.17) is 9.98 Å². The number of anilines is 1. The summed E-state index contributed by atoms with van der Waals surface area (Å²) < 4.78 is 2.04. The third kappa shape index (κ3) is 4.78. The van der Waals surface area contributed by atoms with Gasteiger partial charge in [-0.2, -0.15) is 0 Å². The molecular formula is C21H28N6. The number of fused-ring (bicyclic) bond motifs is 1. The van der Waals surface area contributed by atoms with Gasteiger partial charge in [-0.1, -0.05) is 18.2 Å². The van der Waals surface area contributed by atoms with Gasteiger partial charge in [0.2, 0.25) is 0 Å². The average molecular weight is 364 g/mol. The van der Waals surface area contributed by atoms with Crippen LogP contribution in [-0.4, -0.2) is 36.2 Å². The molecule has 6 nitrogen and oxygen atoms in total. The van der Waals surface area contributed by atoms with Gasteiger partial charge in [-0.3, -0.25) is 0 Å². The van der Waals surface area contributed by atoms with E-state index in [1.165, 1.54) is 11.1 Å². The van der Waals surface area contributed by atoms with E-state index in [0.717, 1.165) is 29.2 Å². The van der Waals surface area contributed by atoms with Crippen molar-refractivity contribution in [2.75, 3.05) is 25.5 Å². The zero-order valence-corrected chi connectivity index (χ0v) is 16.5. The van der Waals surface area contributed by atoms with Gasteiger partial charge in [-0.25, -0.2) is 9.98 Å². The molecule has 3 rings (SSSR count). The largest absolute Gasteiger partial charge is 0.363 e. The summed E-state index contributed by atoms with van der Waals surface area (Å²) in [7, 11) is 6.05. The minimum absolute atomic E-state index is 0.649. The van der Waals surface area contributed by atoms with Crippen LogP contribution < -0.4 is 15.5 Å². The first-order valence-electron chi connectivity index (χ1n) is 9.26. The van der Waals surface area contributed by atoms with Crippen molar-refractivity contribution in [2.45, 2.75) is 20.0 Å². The van der Waals surface area contributed by atoms with Crippen molar-refractivity contribution in [3.8, 4) is 0 Å². The fourth-order valence-corrected chi connectivity index (χ4v) is 2.95. The first-order valence-corrected chi connectivity index (χ1v) is 9.26. The maximum absolute atomic E-state index is 4.73. The highest BCUT2D eigenvalue weighted by molar-refractivity contribution is 5.85. The third-order valence-corrected chi connectivity index (χ3v) is 4.35. The fourth-order valence-electron chi connectivity index (χ4n) is 2.95. The summed E-state index contributed by atoms with van der Waals surface area (Å²) in [5.74, 6) is 1.77. The number of aryl methyl sites for hydroxylation is 1. The second kappa shape index (κ2) is 8.58. The highest BCUT2D eigenvalue weighted by atomic mass is 15.2. The number of pyridine rings is 1. The standard InChI is InChI=1S/C21H28N6/c1-5-22-21(23-13-16-10-11-27(4)15-16)24-14-17-12-20(26(2)3)25-19-9-7-6-8-18(17)19/h6-12,15H,5,13-14H2,1-4H3,(H2,22,23,24). The molecule has 0 aliphatic carbocycles. The maximum atomic E-state index is 4.73. The van der Waals surface area contributed by atoms with Crippen LogP contribution in [0, 0.1) is 0 Å². The van der Waals surface area contributed by atoms with Crippen LogP contribution >= 0.6 is 0 Å². The Bertz CT molecular complexity index is 925. The van der Waals surface area contributed by atoms with Crippen molar-refractivity contribution in [1.82, 2.24) is 20.2 Å². The Labute approximate surface area is 160 Å². The number of benzene rings is 1. The van der Waals surface area contributed by atoms with E-state index >= 15 is 0 Å². The summed E-state index contributed by atoms with van der Waals surface area (Å²) in [4.78, 5) is 11.5. The van der Waals surface area contributed by atoms with E-state index in [9.17, 15) is 0 Å². The Kier molecular flexibility index (Phi) is 5.96. The van der Waals surface area contributed by atoms with Crippen LogP contribution in [0.4, 0.5) is 5.82 Å². The van der Waals surface area contributed by atoms with Crippen molar-refractivity contribution < 1.29 is 0 Å². The zero-order valence-electron chi connectivity index (χ0n) is 16.5. The first kappa shape index (κ1) is 18.8. The number of guanidine groups is 1. The summed E-state index contributed by atoms with van der Waals surface area (Å²) in [5, 5.41) is 7.94. The van der Waals surface area contributed by atoms with Gasteiger partial charge in [-0.15, -0.1) is 0 Å². The predicted molar refractivity (Wildman–Crippen MR) is 113 cm³/mol. The number of nitrogens with zero attached hydrogens (tertiary/aromatic N) is 4. The smallest absolute Gasteiger partial charge is 0.191 e. The molecule has 0 saturated carbocycles. The minimum Gasteiger partial charge on any atom is -0.363 e. The van der Waals surface area contributed by atoms with Crippen LogP contribution in [0.5, 0.6) is 0 Å². The van der Waals surface area contributed by atoms with Gasteiger partial charge in [0.05, 0.1) is 12.1 Å². The topological polar surface area (TPSA) is 57.5 Å². The monoisotopic (exact) mass is 364 g/mol. The lowest BCUT2D eigenvalue weighted by molar-refractivity contribution is 0.817. The Morgan fingerprint density at radius 2 is 2.00 bits per heavy atom. The highest BCUT2D eigenvalue weighted by Crippen LogP contribution is 2.22. The molecule has 2 heterocycles. The van der Waals surface area contributed by atoms with Gasteiger partial charge in [-0.05, 0) is 36.2 Å². The molecule has 6 heteroatoms. The zero-order chi connectivity index (χ0) is 19.2. The van der Waals surface area contributed by atoms with Crippen LogP contribution in [0.15, 0.2) is 53.8 Å². The Hall–Kier alpha value is -3.02. The summed E-state index contributed by atoms with van der Waals surface area (Å²) in [5.41, 5.74) is 3.40. The van der Waals surface area contributed by atoms with E-state index in [0.29, 0.717) is 13.1 Å². The molecule has 1 aromatic carbocycles. The summed E-state index contributed by atoms with van der Waals surface area (Å²) in [6.07, 6.45) is 4.13. The Morgan fingerprint density at radius 1 is 1.19 bits per heavy atom. The van der Waals surface area contributed by atoms with Crippen molar-refractivity contribution in [3.05, 3.63) is 59.9 Å². The molecule has 0 atom stereocenters. The molecule has 2 N–H and O–H groups in total. The number of hydrogen-bond acceptors (Lipinski definition) is 3. The minimum atomic E-state index is 0.649. The molecular weight excluding hydrogens is 336 g/mol. The quantitative estimate of drug-likeness (QED) is 0.522. The Morgan fingerprint density at radius 3 is 2.70 bits per heavy atom. The lowest BCUT2D eigenvalue weighted by Gasteiger charge is -2.16. The molecule has 0 aliphatic heterocycles. The number of rotatable bonds is 6. The molecule has 142 valence electrons. The molecule has 2 aromatic heterocycles. The van der Waals surface area contributed by atoms with Gasteiger partial charge >= 0.3 is 0 Å². The number of aliphatic imine (C=N–C) groups is 1.